The second kappa shape index (κ2) is 11.0. The Morgan fingerprint density at radius 2 is 1.72 bits per heavy atom. The lowest BCUT2D eigenvalue weighted by Crippen LogP contribution is -2.41. The summed E-state index contributed by atoms with van der Waals surface area (Å²) in [6, 6.07) is 22.7. The van der Waals surface area contributed by atoms with Gasteiger partial charge in [-0.3, -0.25) is 4.68 Å². The fourth-order valence-corrected chi connectivity index (χ4v) is 6.24. The van der Waals surface area contributed by atoms with Gasteiger partial charge in [0, 0.05) is 41.8 Å². The van der Waals surface area contributed by atoms with Gasteiger partial charge in [-0.1, -0.05) is 30.3 Å². The zero-order chi connectivity index (χ0) is 26.7. The van der Waals surface area contributed by atoms with Crippen LogP contribution in [-0.4, -0.2) is 70.8 Å². The minimum absolute atomic E-state index is 0.271. The molecule has 2 aromatic heterocycles. The molecule has 39 heavy (non-hydrogen) atoms. The molecule has 9 nitrogen and oxygen atoms in total. The molecular formula is C29H31N7O2S. The minimum atomic E-state index is -2.83. The van der Waals surface area contributed by atoms with Gasteiger partial charge in [0.2, 0.25) is 0 Å². The van der Waals surface area contributed by atoms with Gasteiger partial charge in [-0.05, 0) is 54.9 Å². The third-order valence-electron chi connectivity index (χ3n) is 7.13. The molecule has 5 aromatic rings. The standard InChI is InChI=1S/C29H31N7O2S/c37-39(38)15-13-35(14-16-39)12-4-11-30-24-7-9-26-27(18-24)31-21-32-29(26)34-25-8-10-28-23(17-25)19-33-36(28)20-22-5-2-1-3-6-22/h1-3,5-10,17-19,21,30H,4,11-16,20H2,(H,31,32,34). The Morgan fingerprint density at radius 3 is 2.56 bits per heavy atom. The smallest absolute Gasteiger partial charge is 0.152 e. The molecule has 3 heterocycles. The first kappa shape index (κ1) is 25.3. The van der Waals surface area contributed by atoms with E-state index < -0.39 is 9.84 Å². The highest BCUT2D eigenvalue weighted by atomic mass is 32.2. The van der Waals surface area contributed by atoms with Crippen molar-refractivity contribution < 1.29 is 8.42 Å². The Morgan fingerprint density at radius 1 is 0.897 bits per heavy atom. The van der Waals surface area contributed by atoms with Gasteiger partial charge in [0.1, 0.15) is 12.1 Å². The molecule has 6 rings (SSSR count). The SMILES string of the molecule is O=S1(=O)CCN(CCCNc2ccc3c(Nc4ccc5c(cnn5Cc5ccccc5)c4)ncnc3c2)CC1. The van der Waals surface area contributed by atoms with Gasteiger partial charge < -0.3 is 15.5 Å². The molecule has 3 aromatic carbocycles. The third kappa shape index (κ3) is 6.02. The maximum absolute atomic E-state index is 11.6. The van der Waals surface area contributed by atoms with Crippen LogP contribution in [0.15, 0.2) is 79.3 Å². The van der Waals surface area contributed by atoms with E-state index in [1.54, 1.807) is 6.33 Å². The Bertz CT molecular complexity index is 1690. The zero-order valence-corrected chi connectivity index (χ0v) is 22.4. The van der Waals surface area contributed by atoms with Crippen molar-refractivity contribution in [1.82, 2.24) is 24.6 Å². The van der Waals surface area contributed by atoms with E-state index in [1.165, 1.54) is 5.56 Å². The van der Waals surface area contributed by atoms with Gasteiger partial charge in [0.25, 0.3) is 0 Å². The van der Waals surface area contributed by atoms with E-state index in [1.807, 2.05) is 53.3 Å². The molecule has 10 heteroatoms. The van der Waals surface area contributed by atoms with Crippen molar-refractivity contribution in [1.29, 1.82) is 0 Å². The quantitative estimate of drug-likeness (QED) is 0.266. The summed E-state index contributed by atoms with van der Waals surface area (Å²) in [5.41, 5.74) is 5.09. The number of benzene rings is 3. The number of fused-ring (bicyclic) bond motifs is 2. The summed E-state index contributed by atoms with van der Waals surface area (Å²) in [5, 5.41) is 13.5. The number of anilines is 3. The molecule has 1 aliphatic rings. The molecule has 0 aliphatic carbocycles. The van der Waals surface area contributed by atoms with Crippen molar-refractivity contribution >= 4 is 48.8 Å². The molecule has 0 spiro atoms. The highest BCUT2D eigenvalue weighted by Crippen LogP contribution is 2.27. The Balaban J connectivity index is 1.09. The first-order valence-corrected chi connectivity index (χ1v) is 15.0. The van der Waals surface area contributed by atoms with E-state index in [2.05, 4.69) is 54.9 Å². The monoisotopic (exact) mass is 541 g/mol. The Hall–Kier alpha value is -4.02. The number of nitrogens with zero attached hydrogens (tertiary/aromatic N) is 5. The second-order valence-electron chi connectivity index (χ2n) is 9.91. The summed E-state index contributed by atoms with van der Waals surface area (Å²) in [7, 11) is -2.83. The molecule has 0 radical (unpaired) electrons. The highest BCUT2D eigenvalue weighted by molar-refractivity contribution is 7.91. The number of sulfone groups is 1. The lowest BCUT2D eigenvalue weighted by molar-refractivity contribution is 0.295. The van der Waals surface area contributed by atoms with E-state index in [9.17, 15) is 8.42 Å². The van der Waals surface area contributed by atoms with Crippen molar-refractivity contribution in [2.75, 3.05) is 48.3 Å². The van der Waals surface area contributed by atoms with Crippen molar-refractivity contribution in [3.05, 3.63) is 84.8 Å². The Labute approximate surface area is 227 Å². The molecule has 0 unspecified atom stereocenters. The number of hydrogen-bond donors (Lipinski definition) is 2. The maximum atomic E-state index is 11.6. The van der Waals surface area contributed by atoms with Crippen LogP contribution in [0.5, 0.6) is 0 Å². The van der Waals surface area contributed by atoms with E-state index in [0.717, 1.165) is 65.1 Å². The molecule has 1 aliphatic heterocycles. The highest BCUT2D eigenvalue weighted by Gasteiger charge is 2.20. The van der Waals surface area contributed by atoms with Crippen LogP contribution in [0.1, 0.15) is 12.0 Å². The number of rotatable bonds is 9. The van der Waals surface area contributed by atoms with Crippen LogP contribution in [0.25, 0.3) is 21.8 Å². The van der Waals surface area contributed by atoms with Crippen LogP contribution >= 0.6 is 0 Å². The van der Waals surface area contributed by atoms with Crippen LogP contribution in [0.2, 0.25) is 0 Å². The summed E-state index contributed by atoms with van der Waals surface area (Å²) < 4.78 is 25.2. The third-order valence-corrected chi connectivity index (χ3v) is 8.74. The van der Waals surface area contributed by atoms with Crippen molar-refractivity contribution in [2.45, 2.75) is 13.0 Å². The predicted molar refractivity (Wildman–Crippen MR) is 156 cm³/mol. The van der Waals surface area contributed by atoms with Crippen LogP contribution in [0.3, 0.4) is 0 Å². The van der Waals surface area contributed by atoms with E-state index in [0.29, 0.717) is 13.1 Å². The molecule has 0 bridgehead atoms. The summed E-state index contributed by atoms with van der Waals surface area (Å²) in [6.45, 7) is 3.69. The molecule has 2 N–H and O–H groups in total. The van der Waals surface area contributed by atoms with Gasteiger partial charge >= 0.3 is 0 Å². The number of aromatic nitrogens is 4. The van der Waals surface area contributed by atoms with Gasteiger partial charge in [0.05, 0.1) is 35.3 Å². The van der Waals surface area contributed by atoms with Gasteiger partial charge in [-0.15, -0.1) is 0 Å². The average Bonchev–Trinajstić information content (AvgIpc) is 3.34. The van der Waals surface area contributed by atoms with Crippen LogP contribution in [0.4, 0.5) is 17.2 Å². The maximum Gasteiger partial charge on any atom is 0.152 e. The minimum Gasteiger partial charge on any atom is -0.385 e. The van der Waals surface area contributed by atoms with Crippen LogP contribution in [0, 0.1) is 0 Å². The molecular weight excluding hydrogens is 510 g/mol. The van der Waals surface area contributed by atoms with Gasteiger partial charge in [-0.2, -0.15) is 5.10 Å². The number of hydrogen-bond acceptors (Lipinski definition) is 8. The largest absolute Gasteiger partial charge is 0.385 e. The zero-order valence-electron chi connectivity index (χ0n) is 21.6. The van der Waals surface area contributed by atoms with E-state index in [-0.39, 0.29) is 11.5 Å². The van der Waals surface area contributed by atoms with Crippen LogP contribution < -0.4 is 10.6 Å². The lowest BCUT2D eigenvalue weighted by Gasteiger charge is -2.26. The fourth-order valence-electron chi connectivity index (χ4n) is 4.96. The van der Waals surface area contributed by atoms with Crippen molar-refractivity contribution in [3.63, 3.8) is 0 Å². The summed E-state index contributed by atoms with van der Waals surface area (Å²) in [5.74, 6) is 1.29. The van der Waals surface area contributed by atoms with E-state index >= 15 is 0 Å². The van der Waals surface area contributed by atoms with E-state index in [4.69, 9.17) is 0 Å². The van der Waals surface area contributed by atoms with Crippen molar-refractivity contribution in [3.8, 4) is 0 Å². The normalized spacial score (nSPS) is 15.5. The van der Waals surface area contributed by atoms with Crippen LogP contribution in [-0.2, 0) is 16.4 Å². The Kier molecular flexibility index (Phi) is 7.12. The summed E-state index contributed by atoms with van der Waals surface area (Å²) >= 11 is 0. The van der Waals surface area contributed by atoms with Gasteiger partial charge in [-0.25, -0.2) is 18.4 Å². The molecule has 0 saturated carbocycles. The average molecular weight is 542 g/mol. The first-order chi connectivity index (χ1) is 19.0. The predicted octanol–water partition coefficient (Wildman–Crippen LogP) is 4.30. The fraction of sp³-hybridized carbons (Fsp3) is 0.276. The molecule has 200 valence electrons. The topological polar surface area (TPSA) is 105 Å². The summed E-state index contributed by atoms with van der Waals surface area (Å²) in [4.78, 5) is 11.2. The molecule has 0 amide bonds. The lowest BCUT2D eigenvalue weighted by atomic mass is 10.2. The molecule has 1 fully saturated rings. The summed E-state index contributed by atoms with van der Waals surface area (Å²) in [6.07, 6.45) is 4.42. The molecule has 0 atom stereocenters. The van der Waals surface area contributed by atoms with Gasteiger partial charge in [0.15, 0.2) is 9.84 Å². The number of nitrogens with one attached hydrogen (secondary N) is 2. The second-order valence-corrected chi connectivity index (χ2v) is 12.2. The first-order valence-electron chi connectivity index (χ1n) is 13.2. The van der Waals surface area contributed by atoms with Crippen molar-refractivity contribution in [2.24, 2.45) is 0 Å². The molecule has 1 saturated heterocycles.